The van der Waals surface area contributed by atoms with E-state index in [1.807, 2.05) is 30.6 Å². The summed E-state index contributed by atoms with van der Waals surface area (Å²) in [5.41, 5.74) is 12.4. The summed E-state index contributed by atoms with van der Waals surface area (Å²) in [5, 5.41) is 4.67. The van der Waals surface area contributed by atoms with Crippen LogP contribution < -0.4 is 5.32 Å². The molecule has 5 aromatic rings. The molecular weight excluding hydrogens is 512 g/mol. The van der Waals surface area contributed by atoms with Gasteiger partial charge in [0.2, 0.25) is 0 Å². The first-order chi connectivity index (χ1) is 20.7. The van der Waals surface area contributed by atoms with Crippen molar-refractivity contribution in [1.29, 1.82) is 0 Å². The molecule has 4 heterocycles. The van der Waals surface area contributed by atoms with E-state index in [4.69, 9.17) is 4.98 Å². The third kappa shape index (κ3) is 3.99. The van der Waals surface area contributed by atoms with Gasteiger partial charge in [-0.1, -0.05) is 79.8 Å². The molecule has 0 fully saturated rings. The molecule has 1 unspecified atom stereocenters. The first-order valence-electron chi connectivity index (χ1n) is 14.5. The minimum absolute atomic E-state index is 0.00218. The zero-order valence-electron chi connectivity index (χ0n) is 23.5. The number of hydrogen-bond acceptors (Lipinski definition) is 3. The van der Waals surface area contributed by atoms with Crippen molar-refractivity contribution in [3.05, 3.63) is 150 Å². The smallest absolute Gasteiger partial charge is 0.0899 e. The van der Waals surface area contributed by atoms with E-state index in [0.717, 1.165) is 46.9 Å². The van der Waals surface area contributed by atoms with Gasteiger partial charge in [0.05, 0.1) is 34.8 Å². The van der Waals surface area contributed by atoms with Gasteiger partial charge in [-0.25, -0.2) is 4.98 Å². The van der Waals surface area contributed by atoms with Gasteiger partial charge in [-0.15, -0.1) is 0 Å². The molecule has 4 heteroatoms. The summed E-state index contributed by atoms with van der Waals surface area (Å²) < 4.78 is 2.37. The highest BCUT2D eigenvalue weighted by molar-refractivity contribution is 5.93. The van der Waals surface area contributed by atoms with E-state index in [-0.39, 0.29) is 5.41 Å². The van der Waals surface area contributed by atoms with Crippen molar-refractivity contribution in [2.24, 2.45) is 5.41 Å². The van der Waals surface area contributed by atoms with Crippen molar-refractivity contribution < 1.29 is 0 Å². The molecule has 0 spiro atoms. The van der Waals surface area contributed by atoms with E-state index in [9.17, 15) is 0 Å². The van der Waals surface area contributed by atoms with Crippen LogP contribution in [0.2, 0.25) is 0 Å². The molecule has 3 aromatic heterocycles. The number of benzene rings is 2. The molecule has 3 aliphatic rings. The van der Waals surface area contributed by atoms with Crippen molar-refractivity contribution >= 4 is 22.6 Å². The molecule has 2 aliphatic carbocycles. The lowest BCUT2D eigenvalue weighted by atomic mass is 9.71. The lowest BCUT2D eigenvalue weighted by Crippen LogP contribution is -2.20. The second-order valence-corrected chi connectivity index (χ2v) is 11.4. The number of fused-ring (bicyclic) bond motifs is 4. The Balaban J connectivity index is 1.27. The van der Waals surface area contributed by atoms with Crippen molar-refractivity contribution in [1.82, 2.24) is 19.9 Å². The molecule has 8 rings (SSSR count). The van der Waals surface area contributed by atoms with Crippen LogP contribution in [0.5, 0.6) is 0 Å². The van der Waals surface area contributed by atoms with Crippen LogP contribution in [0.15, 0.2) is 133 Å². The number of pyridine rings is 2. The van der Waals surface area contributed by atoms with Crippen molar-refractivity contribution in [2.75, 3.05) is 0 Å². The average molecular weight is 543 g/mol. The van der Waals surface area contributed by atoms with Crippen LogP contribution in [-0.4, -0.2) is 14.5 Å². The van der Waals surface area contributed by atoms with E-state index in [1.54, 1.807) is 0 Å². The van der Waals surface area contributed by atoms with Gasteiger partial charge in [0.15, 0.2) is 0 Å². The Morgan fingerprint density at radius 3 is 2.55 bits per heavy atom. The molecule has 202 valence electrons. The molecule has 1 atom stereocenters. The van der Waals surface area contributed by atoms with E-state index < -0.39 is 0 Å². The minimum atomic E-state index is -0.00218. The number of aromatic nitrogens is 3. The summed E-state index contributed by atoms with van der Waals surface area (Å²) in [7, 11) is 0. The molecule has 0 bridgehead atoms. The van der Waals surface area contributed by atoms with Crippen molar-refractivity contribution in [3.8, 4) is 28.3 Å². The van der Waals surface area contributed by atoms with Gasteiger partial charge in [0, 0.05) is 33.8 Å². The molecule has 1 aliphatic heterocycles. The van der Waals surface area contributed by atoms with E-state index in [1.165, 1.54) is 33.3 Å². The predicted octanol–water partition coefficient (Wildman–Crippen LogP) is 8.67. The highest BCUT2D eigenvalue weighted by Gasteiger charge is 2.30. The van der Waals surface area contributed by atoms with Gasteiger partial charge >= 0.3 is 0 Å². The van der Waals surface area contributed by atoms with Crippen LogP contribution in [0.25, 0.3) is 50.9 Å². The van der Waals surface area contributed by atoms with Crippen molar-refractivity contribution in [3.63, 3.8) is 0 Å². The fourth-order valence-corrected chi connectivity index (χ4v) is 6.57. The first-order valence-corrected chi connectivity index (χ1v) is 14.5. The third-order valence-corrected chi connectivity index (χ3v) is 8.71. The molecule has 0 radical (unpaired) electrons. The van der Waals surface area contributed by atoms with Crippen LogP contribution >= 0.6 is 0 Å². The van der Waals surface area contributed by atoms with Crippen LogP contribution in [-0.2, 0) is 6.54 Å². The van der Waals surface area contributed by atoms with Gasteiger partial charge in [-0.2, -0.15) is 0 Å². The number of para-hydroxylation sites is 1. The summed E-state index contributed by atoms with van der Waals surface area (Å²) in [6.45, 7) is 3.12. The number of allylic oxidation sites excluding steroid dienone is 8. The molecule has 0 saturated carbocycles. The summed E-state index contributed by atoms with van der Waals surface area (Å²) >= 11 is 0. The zero-order chi connectivity index (χ0) is 28.1. The molecule has 0 saturated heterocycles. The summed E-state index contributed by atoms with van der Waals surface area (Å²) in [6.07, 6.45) is 20.5. The highest BCUT2D eigenvalue weighted by atomic mass is 15.0. The Bertz CT molecular complexity index is 2000. The maximum absolute atomic E-state index is 5.14. The fraction of sp³-hybridized carbons (Fsp3) is 0.105. The Morgan fingerprint density at radius 1 is 0.810 bits per heavy atom. The largest absolute Gasteiger partial charge is 0.385 e. The predicted molar refractivity (Wildman–Crippen MR) is 173 cm³/mol. The summed E-state index contributed by atoms with van der Waals surface area (Å²) in [4.78, 5) is 9.78. The van der Waals surface area contributed by atoms with E-state index in [0.29, 0.717) is 0 Å². The van der Waals surface area contributed by atoms with Crippen LogP contribution in [0.1, 0.15) is 30.2 Å². The van der Waals surface area contributed by atoms with Gasteiger partial charge in [-0.3, -0.25) is 4.98 Å². The van der Waals surface area contributed by atoms with Crippen molar-refractivity contribution in [2.45, 2.75) is 19.9 Å². The molecule has 42 heavy (non-hydrogen) atoms. The standard InChI is InChI=1S/C38H30N4/c1-38-19-6-4-11-32(38)29(10-8-20-38)27-23-34(41-35(24-27)33-12-5-7-21-40-33)26-14-16-28(17-15-26)42-36-13-3-2-9-30(36)31-18-22-39-25-37(31)42/h2-19,21-24,39H,20,25H2,1H3. The van der Waals surface area contributed by atoms with Gasteiger partial charge in [-0.05, 0) is 77.9 Å². The van der Waals surface area contributed by atoms with Gasteiger partial charge < -0.3 is 9.88 Å². The number of nitrogens with zero attached hydrogens (tertiary/aromatic N) is 3. The maximum Gasteiger partial charge on any atom is 0.0899 e. The Kier molecular flexibility index (Phi) is 5.68. The lowest BCUT2D eigenvalue weighted by molar-refractivity contribution is 0.529. The average Bonchev–Trinajstić information content (AvgIpc) is 3.39. The molecular formula is C38H30N4. The normalized spacial score (nSPS) is 18.7. The number of rotatable bonds is 4. The van der Waals surface area contributed by atoms with Gasteiger partial charge in [0.1, 0.15) is 0 Å². The molecule has 2 aromatic carbocycles. The van der Waals surface area contributed by atoms with Crippen LogP contribution in [0.4, 0.5) is 0 Å². The maximum atomic E-state index is 5.14. The molecule has 4 nitrogen and oxygen atoms in total. The Labute approximate surface area is 245 Å². The third-order valence-electron chi connectivity index (χ3n) is 8.71. The van der Waals surface area contributed by atoms with E-state index in [2.05, 4.69) is 125 Å². The number of nitrogens with one attached hydrogen (secondary N) is 1. The Hall–Kier alpha value is -5.22. The van der Waals surface area contributed by atoms with Crippen LogP contribution in [0.3, 0.4) is 0 Å². The lowest BCUT2D eigenvalue weighted by Gasteiger charge is -2.33. The Morgan fingerprint density at radius 2 is 1.67 bits per heavy atom. The summed E-state index contributed by atoms with van der Waals surface area (Å²) in [6, 6.07) is 27.9. The SMILES string of the molecule is CC12C=CC=CC1=C(c1cc(-c3ccc(-n4c5c(c6ccccc64)C=CNC5)cc3)nc(-c3ccccn3)c1)C=CC2. The van der Waals surface area contributed by atoms with Gasteiger partial charge in [0.25, 0.3) is 0 Å². The second-order valence-electron chi connectivity index (χ2n) is 11.4. The van der Waals surface area contributed by atoms with E-state index >= 15 is 0 Å². The van der Waals surface area contributed by atoms with Crippen LogP contribution in [0, 0.1) is 5.41 Å². The minimum Gasteiger partial charge on any atom is -0.385 e. The number of hydrogen-bond donors (Lipinski definition) is 1. The topological polar surface area (TPSA) is 42.7 Å². The second kappa shape index (κ2) is 9.71. The monoisotopic (exact) mass is 542 g/mol. The fourth-order valence-electron chi connectivity index (χ4n) is 6.57. The molecule has 0 amide bonds. The first kappa shape index (κ1) is 24.6. The zero-order valence-corrected chi connectivity index (χ0v) is 23.5. The highest BCUT2D eigenvalue weighted by Crippen LogP contribution is 2.45. The quantitative estimate of drug-likeness (QED) is 0.247. The molecule has 1 N–H and O–H groups in total. The summed E-state index contributed by atoms with van der Waals surface area (Å²) in [5.74, 6) is 0.